The highest BCUT2D eigenvalue weighted by atomic mass is 16.5. The number of ether oxygens (including phenoxy) is 2. The van der Waals surface area contributed by atoms with Crippen LogP contribution in [0.1, 0.15) is 33.4 Å². The third-order valence-corrected chi connectivity index (χ3v) is 10.8. The van der Waals surface area contributed by atoms with Crippen molar-refractivity contribution in [3.8, 4) is 22.5 Å². The number of benzene rings is 6. The minimum absolute atomic E-state index is 0.332. The third kappa shape index (κ3) is 13.9. The molecule has 0 amide bonds. The number of carbonyl (C=O) groups excluding carboxylic acids is 2. The van der Waals surface area contributed by atoms with E-state index >= 15 is 0 Å². The standard InChI is InChI=1S/C28H27N3O2.C28H25N3O2/c2*1-33-28(32)26(18-23-10-6-3-7-11-23)31-27-19-25(29-20-30-27)24-16-14-22(15-17-24)13-12-21-8-4-2-5-9-21/h2-11,14-17,19-20,26H,12-13,18H2,1H3,(H,29,30,31);2-17,19-20,26H,18H2,1H3,(H,29,30,31)/b;13-12+. The van der Waals surface area contributed by atoms with E-state index in [1.54, 1.807) is 0 Å². The monoisotopic (exact) mass is 872 g/mol. The van der Waals surface area contributed by atoms with E-state index in [1.165, 1.54) is 38.0 Å². The van der Waals surface area contributed by atoms with Crippen molar-refractivity contribution in [2.45, 2.75) is 37.8 Å². The molecule has 0 aliphatic heterocycles. The van der Waals surface area contributed by atoms with Gasteiger partial charge in [-0.1, -0.05) is 182 Å². The molecule has 0 saturated carbocycles. The van der Waals surface area contributed by atoms with Crippen LogP contribution >= 0.6 is 0 Å². The predicted molar refractivity (Wildman–Crippen MR) is 263 cm³/mol. The van der Waals surface area contributed by atoms with Crippen molar-refractivity contribution in [1.29, 1.82) is 0 Å². The molecule has 0 bridgehead atoms. The van der Waals surface area contributed by atoms with Crippen molar-refractivity contribution in [1.82, 2.24) is 19.9 Å². The van der Waals surface area contributed by atoms with Crippen LogP contribution in [0.4, 0.5) is 11.6 Å². The summed E-state index contributed by atoms with van der Waals surface area (Å²) in [5, 5.41) is 6.41. The lowest BCUT2D eigenvalue weighted by molar-refractivity contribution is -0.142. The van der Waals surface area contributed by atoms with Crippen molar-refractivity contribution in [3.63, 3.8) is 0 Å². The van der Waals surface area contributed by atoms with E-state index in [2.05, 4.69) is 116 Å². The zero-order chi connectivity index (χ0) is 45.8. The summed E-state index contributed by atoms with van der Waals surface area (Å²) < 4.78 is 9.98. The van der Waals surface area contributed by atoms with Crippen LogP contribution in [0.5, 0.6) is 0 Å². The van der Waals surface area contributed by atoms with Gasteiger partial charge in [0.2, 0.25) is 0 Å². The summed E-state index contributed by atoms with van der Waals surface area (Å²) in [6.45, 7) is 0. The second-order valence-electron chi connectivity index (χ2n) is 15.4. The van der Waals surface area contributed by atoms with Crippen molar-refractivity contribution in [2.24, 2.45) is 0 Å². The van der Waals surface area contributed by atoms with Gasteiger partial charge in [-0.3, -0.25) is 0 Å². The van der Waals surface area contributed by atoms with Crippen LogP contribution in [0.15, 0.2) is 195 Å². The maximum atomic E-state index is 12.3. The van der Waals surface area contributed by atoms with E-state index in [4.69, 9.17) is 9.47 Å². The summed E-state index contributed by atoms with van der Waals surface area (Å²) >= 11 is 0. The van der Waals surface area contributed by atoms with Gasteiger partial charge in [0.25, 0.3) is 0 Å². The van der Waals surface area contributed by atoms with Crippen molar-refractivity contribution >= 4 is 35.7 Å². The van der Waals surface area contributed by atoms with E-state index in [1.807, 2.05) is 109 Å². The Kier molecular flexibility index (Phi) is 16.6. The summed E-state index contributed by atoms with van der Waals surface area (Å²) in [7, 11) is 2.79. The molecule has 0 spiro atoms. The van der Waals surface area contributed by atoms with Crippen LogP contribution in [0, 0.1) is 0 Å². The highest BCUT2D eigenvalue weighted by Crippen LogP contribution is 2.23. The molecule has 0 radical (unpaired) electrons. The molecule has 10 nitrogen and oxygen atoms in total. The largest absolute Gasteiger partial charge is 0.467 e. The number of methoxy groups -OCH3 is 2. The Morgan fingerprint density at radius 3 is 1.24 bits per heavy atom. The second kappa shape index (κ2) is 24.0. The smallest absolute Gasteiger partial charge is 0.328 e. The van der Waals surface area contributed by atoms with Crippen LogP contribution in [0.25, 0.3) is 34.7 Å². The molecule has 2 heterocycles. The topological polar surface area (TPSA) is 128 Å². The van der Waals surface area contributed by atoms with Gasteiger partial charge < -0.3 is 20.1 Å². The molecule has 2 N–H and O–H groups in total. The van der Waals surface area contributed by atoms with Crippen LogP contribution in [-0.4, -0.2) is 58.2 Å². The van der Waals surface area contributed by atoms with Gasteiger partial charge in [0.15, 0.2) is 0 Å². The number of hydrogen-bond acceptors (Lipinski definition) is 10. The van der Waals surface area contributed by atoms with Gasteiger partial charge in [-0.05, 0) is 46.2 Å². The molecule has 8 aromatic rings. The molecule has 10 heteroatoms. The molecule has 0 aliphatic rings. The zero-order valence-electron chi connectivity index (χ0n) is 37.0. The Balaban J connectivity index is 0.000000196. The average molecular weight is 873 g/mol. The average Bonchev–Trinajstić information content (AvgIpc) is 3.38. The molecule has 0 saturated heterocycles. The number of hydrogen-bond donors (Lipinski definition) is 2. The van der Waals surface area contributed by atoms with E-state index in [9.17, 15) is 9.59 Å². The number of aromatic nitrogens is 4. The normalized spacial score (nSPS) is 11.7. The molecule has 2 aromatic heterocycles. The summed E-state index contributed by atoms with van der Waals surface area (Å²) in [5.41, 5.74) is 10.5. The Morgan fingerprint density at radius 2 is 0.818 bits per heavy atom. The first kappa shape index (κ1) is 45.8. The lowest BCUT2D eigenvalue weighted by Crippen LogP contribution is -2.33. The summed E-state index contributed by atoms with van der Waals surface area (Å²) in [4.78, 5) is 42.1. The molecule has 66 heavy (non-hydrogen) atoms. The van der Waals surface area contributed by atoms with E-state index in [-0.39, 0.29) is 11.9 Å². The number of carbonyl (C=O) groups is 2. The SMILES string of the molecule is COC(=O)C(Cc1ccccc1)Nc1cc(-c2ccc(/C=C/c3ccccc3)cc2)ncn1.COC(=O)C(Cc1ccccc1)Nc1cc(-c2ccc(CCc3ccccc3)cc2)ncn1. The molecule has 330 valence electrons. The first-order valence-electron chi connectivity index (χ1n) is 21.8. The zero-order valence-corrected chi connectivity index (χ0v) is 37.0. The summed E-state index contributed by atoms with van der Waals surface area (Å²) in [5.74, 6) is 0.481. The van der Waals surface area contributed by atoms with Gasteiger partial charge in [0.05, 0.1) is 25.6 Å². The van der Waals surface area contributed by atoms with Crippen LogP contribution in [0.3, 0.4) is 0 Å². The maximum absolute atomic E-state index is 12.3. The quantitative estimate of drug-likeness (QED) is 0.0674. The summed E-state index contributed by atoms with van der Waals surface area (Å²) in [6.07, 6.45) is 10.2. The number of nitrogens with one attached hydrogen (secondary N) is 2. The molecular weight excluding hydrogens is 821 g/mol. The second-order valence-corrected chi connectivity index (χ2v) is 15.4. The van der Waals surface area contributed by atoms with E-state index in [0.717, 1.165) is 57.6 Å². The Morgan fingerprint density at radius 1 is 0.455 bits per heavy atom. The predicted octanol–water partition coefficient (Wildman–Crippen LogP) is 10.6. The minimum Gasteiger partial charge on any atom is -0.467 e. The van der Waals surface area contributed by atoms with Gasteiger partial charge >= 0.3 is 11.9 Å². The van der Waals surface area contributed by atoms with Crippen molar-refractivity contribution in [2.75, 3.05) is 24.9 Å². The Bertz CT molecular complexity index is 2760. The molecular formula is C56H52N6O4. The number of nitrogens with zero attached hydrogens (tertiary/aromatic N) is 4. The lowest BCUT2D eigenvalue weighted by Gasteiger charge is -2.17. The molecule has 0 fully saturated rings. The molecule has 2 unspecified atom stereocenters. The van der Waals surface area contributed by atoms with Gasteiger partial charge in [0.1, 0.15) is 36.4 Å². The Labute approximate surface area is 386 Å². The van der Waals surface area contributed by atoms with E-state index < -0.39 is 12.1 Å². The van der Waals surface area contributed by atoms with Crippen molar-refractivity contribution < 1.29 is 19.1 Å². The fraction of sp³-hybridized carbons (Fsp3) is 0.143. The molecule has 2 atom stereocenters. The third-order valence-electron chi connectivity index (χ3n) is 10.8. The first-order chi connectivity index (χ1) is 32.4. The van der Waals surface area contributed by atoms with Gasteiger partial charge in [-0.25, -0.2) is 29.5 Å². The molecule has 8 rings (SSSR count). The first-order valence-corrected chi connectivity index (χ1v) is 21.8. The van der Waals surface area contributed by atoms with Gasteiger partial charge in [0, 0.05) is 36.1 Å². The maximum Gasteiger partial charge on any atom is 0.328 e. The fourth-order valence-corrected chi connectivity index (χ4v) is 7.21. The van der Waals surface area contributed by atoms with Crippen LogP contribution in [0.2, 0.25) is 0 Å². The molecule has 6 aromatic carbocycles. The minimum atomic E-state index is -0.550. The fourth-order valence-electron chi connectivity index (χ4n) is 7.21. The van der Waals surface area contributed by atoms with Gasteiger partial charge in [-0.2, -0.15) is 0 Å². The van der Waals surface area contributed by atoms with Crippen LogP contribution < -0.4 is 10.6 Å². The number of rotatable bonds is 17. The van der Waals surface area contributed by atoms with E-state index in [0.29, 0.717) is 24.5 Å². The van der Waals surface area contributed by atoms with Crippen LogP contribution in [-0.2, 0) is 44.7 Å². The number of esters is 2. The number of anilines is 2. The lowest BCUT2D eigenvalue weighted by atomic mass is 10.0. The van der Waals surface area contributed by atoms with Gasteiger partial charge in [-0.15, -0.1) is 0 Å². The highest BCUT2D eigenvalue weighted by molar-refractivity contribution is 5.80. The highest BCUT2D eigenvalue weighted by Gasteiger charge is 2.22. The van der Waals surface area contributed by atoms with Crippen molar-refractivity contribution in [3.05, 3.63) is 228 Å². The molecule has 0 aliphatic carbocycles. The summed E-state index contributed by atoms with van der Waals surface area (Å²) in [6, 6.07) is 59.5. The Hall–Kier alpha value is -8.24. The number of aryl methyl sites for hydroxylation is 2.